The maximum absolute atomic E-state index is 5.65. The summed E-state index contributed by atoms with van der Waals surface area (Å²) < 4.78 is 5.65. The molecule has 0 spiro atoms. The fraction of sp³-hybridized carbons (Fsp3) is 0.154. The van der Waals surface area contributed by atoms with Crippen LogP contribution in [-0.4, -0.2) is 19.1 Å². The highest BCUT2D eigenvalue weighted by Gasteiger charge is 2.00. The Morgan fingerprint density at radius 2 is 1.82 bits per heavy atom. The van der Waals surface area contributed by atoms with Gasteiger partial charge in [-0.05, 0) is 11.5 Å². The molecule has 0 radical (unpaired) electrons. The second-order valence-electron chi connectivity index (χ2n) is 3.63. The summed E-state index contributed by atoms with van der Waals surface area (Å²) >= 11 is 0. The largest absolute Gasteiger partial charge is 0.491 e. The summed E-state index contributed by atoms with van der Waals surface area (Å²) in [6.07, 6.45) is 0. The van der Waals surface area contributed by atoms with E-state index in [1.807, 2.05) is 30.3 Å². The van der Waals surface area contributed by atoms with Crippen LogP contribution in [0.2, 0.25) is 0 Å². The molecule has 0 atom stereocenters. The van der Waals surface area contributed by atoms with Crippen LogP contribution in [0.1, 0.15) is 0 Å². The van der Waals surface area contributed by atoms with Crippen LogP contribution < -0.4 is 16.2 Å². The Labute approximate surface area is 99.9 Å². The van der Waals surface area contributed by atoms with E-state index in [2.05, 4.69) is 17.1 Å². The van der Waals surface area contributed by atoms with Crippen LogP contribution in [0.15, 0.2) is 47.5 Å². The van der Waals surface area contributed by atoms with E-state index in [0.29, 0.717) is 13.2 Å². The third-order valence-corrected chi connectivity index (χ3v) is 2.39. The van der Waals surface area contributed by atoms with Crippen LogP contribution in [-0.2, 0) is 0 Å². The van der Waals surface area contributed by atoms with E-state index < -0.39 is 0 Å². The quantitative estimate of drug-likeness (QED) is 0.474. The molecule has 2 aromatic rings. The Hall–Kier alpha value is -2.23. The first-order chi connectivity index (χ1) is 8.27. The first-order valence-corrected chi connectivity index (χ1v) is 5.43. The summed E-state index contributed by atoms with van der Waals surface area (Å²) in [7, 11) is 0. The summed E-state index contributed by atoms with van der Waals surface area (Å²) in [5, 5.41) is 2.26. The number of hydrogen-bond acceptors (Lipinski definition) is 2. The molecule has 88 valence electrons. The van der Waals surface area contributed by atoms with Gasteiger partial charge in [-0.2, -0.15) is 0 Å². The second-order valence-corrected chi connectivity index (χ2v) is 3.63. The lowest BCUT2D eigenvalue weighted by Gasteiger charge is -2.07. The van der Waals surface area contributed by atoms with Gasteiger partial charge >= 0.3 is 0 Å². The number of guanidine groups is 1. The highest BCUT2D eigenvalue weighted by molar-refractivity contribution is 5.88. The number of nitrogens with zero attached hydrogens (tertiary/aromatic N) is 1. The van der Waals surface area contributed by atoms with E-state index in [1.54, 1.807) is 0 Å². The Balaban J connectivity index is 2.11. The molecule has 2 rings (SSSR count). The third-order valence-electron chi connectivity index (χ3n) is 2.39. The van der Waals surface area contributed by atoms with E-state index in [0.717, 1.165) is 16.5 Å². The molecule has 0 aromatic heterocycles. The zero-order valence-corrected chi connectivity index (χ0v) is 9.47. The van der Waals surface area contributed by atoms with Gasteiger partial charge in [0.1, 0.15) is 12.4 Å². The van der Waals surface area contributed by atoms with Crippen molar-refractivity contribution in [2.24, 2.45) is 16.5 Å². The first kappa shape index (κ1) is 11.3. The molecule has 0 saturated carbocycles. The molecule has 0 fully saturated rings. The topological polar surface area (TPSA) is 73.6 Å². The lowest BCUT2D eigenvalue weighted by Crippen LogP contribution is -2.23. The first-order valence-electron chi connectivity index (χ1n) is 5.43. The van der Waals surface area contributed by atoms with Crippen LogP contribution in [0.5, 0.6) is 5.75 Å². The van der Waals surface area contributed by atoms with Crippen molar-refractivity contribution in [2.75, 3.05) is 13.2 Å². The van der Waals surface area contributed by atoms with E-state index in [9.17, 15) is 0 Å². The van der Waals surface area contributed by atoms with Crippen LogP contribution >= 0.6 is 0 Å². The van der Waals surface area contributed by atoms with Gasteiger partial charge in [-0.25, -0.2) is 0 Å². The lowest BCUT2D eigenvalue weighted by molar-refractivity contribution is 0.332. The molecule has 4 N–H and O–H groups in total. The maximum atomic E-state index is 5.65. The van der Waals surface area contributed by atoms with Gasteiger partial charge in [0.05, 0.1) is 6.54 Å². The zero-order valence-electron chi connectivity index (χ0n) is 9.47. The number of rotatable bonds is 4. The number of fused-ring (bicyclic) bond motifs is 1. The fourth-order valence-corrected chi connectivity index (χ4v) is 1.65. The van der Waals surface area contributed by atoms with Crippen LogP contribution in [0.3, 0.4) is 0 Å². The van der Waals surface area contributed by atoms with Gasteiger partial charge in [-0.1, -0.05) is 36.4 Å². The van der Waals surface area contributed by atoms with Crippen molar-refractivity contribution < 1.29 is 4.74 Å². The summed E-state index contributed by atoms with van der Waals surface area (Å²) in [6.45, 7) is 0.928. The summed E-state index contributed by atoms with van der Waals surface area (Å²) in [5.74, 6) is 0.945. The van der Waals surface area contributed by atoms with Gasteiger partial charge in [-0.3, -0.25) is 4.99 Å². The molecule has 0 aliphatic carbocycles. The zero-order chi connectivity index (χ0) is 12.1. The number of hydrogen-bond donors (Lipinski definition) is 2. The number of aliphatic imine (C=N–C) groups is 1. The Bertz CT molecular complexity index is 528. The number of ether oxygens (including phenoxy) is 1. The van der Waals surface area contributed by atoms with E-state index in [1.165, 1.54) is 0 Å². The Morgan fingerprint density at radius 3 is 2.65 bits per heavy atom. The van der Waals surface area contributed by atoms with Gasteiger partial charge in [0.25, 0.3) is 0 Å². The summed E-state index contributed by atoms with van der Waals surface area (Å²) in [4.78, 5) is 3.87. The van der Waals surface area contributed by atoms with Gasteiger partial charge in [0.15, 0.2) is 5.96 Å². The molecule has 0 unspecified atom stereocenters. The monoisotopic (exact) mass is 229 g/mol. The molecular formula is C13H15N3O. The summed E-state index contributed by atoms with van der Waals surface area (Å²) in [6, 6.07) is 14.1. The van der Waals surface area contributed by atoms with Crippen molar-refractivity contribution >= 4 is 16.7 Å². The van der Waals surface area contributed by atoms with Crippen molar-refractivity contribution in [1.29, 1.82) is 0 Å². The average Bonchev–Trinajstić information content (AvgIpc) is 2.34. The second kappa shape index (κ2) is 5.21. The molecule has 2 aromatic carbocycles. The highest BCUT2D eigenvalue weighted by atomic mass is 16.5. The van der Waals surface area contributed by atoms with Crippen molar-refractivity contribution in [3.05, 3.63) is 42.5 Å². The minimum atomic E-state index is 0.0894. The lowest BCUT2D eigenvalue weighted by atomic mass is 10.1. The van der Waals surface area contributed by atoms with Crippen molar-refractivity contribution in [3.8, 4) is 5.75 Å². The molecular weight excluding hydrogens is 214 g/mol. The Morgan fingerprint density at radius 1 is 1.06 bits per heavy atom. The minimum Gasteiger partial charge on any atom is -0.491 e. The number of benzene rings is 2. The van der Waals surface area contributed by atoms with Gasteiger partial charge in [-0.15, -0.1) is 0 Å². The molecule has 4 heteroatoms. The van der Waals surface area contributed by atoms with Crippen molar-refractivity contribution in [3.63, 3.8) is 0 Å². The summed E-state index contributed by atoms with van der Waals surface area (Å²) in [5.41, 5.74) is 10.5. The van der Waals surface area contributed by atoms with E-state index in [-0.39, 0.29) is 5.96 Å². The number of nitrogens with two attached hydrogens (primary N) is 2. The van der Waals surface area contributed by atoms with E-state index in [4.69, 9.17) is 16.2 Å². The van der Waals surface area contributed by atoms with Crippen LogP contribution in [0, 0.1) is 0 Å². The van der Waals surface area contributed by atoms with E-state index >= 15 is 0 Å². The van der Waals surface area contributed by atoms with Gasteiger partial charge in [0.2, 0.25) is 0 Å². The van der Waals surface area contributed by atoms with Crippen molar-refractivity contribution in [2.45, 2.75) is 0 Å². The van der Waals surface area contributed by atoms with Gasteiger partial charge in [0, 0.05) is 5.39 Å². The highest BCUT2D eigenvalue weighted by Crippen LogP contribution is 2.24. The van der Waals surface area contributed by atoms with Crippen LogP contribution in [0.4, 0.5) is 0 Å². The Kier molecular flexibility index (Phi) is 3.45. The minimum absolute atomic E-state index is 0.0894. The maximum Gasteiger partial charge on any atom is 0.186 e. The standard InChI is InChI=1S/C13H15N3O/c14-13(15)16-8-9-17-12-7-3-5-10-4-1-2-6-11(10)12/h1-7H,8-9H2,(H4,14,15,16). The SMILES string of the molecule is NC(N)=NCCOc1cccc2ccccc12. The fourth-order valence-electron chi connectivity index (χ4n) is 1.65. The molecule has 17 heavy (non-hydrogen) atoms. The average molecular weight is 229 g/mol. The molecule has 0 saturated heterocycles. The predicted octanol–water partition coefficient (Wildman–Crippen LogP) is 1.49. The molecule has 0 aliphatic heterocycles. The van der Waals surface area contributed by atoms with Crippen LogP contribution in [0.25, 0.3) is 10.8 Å². The smallest absolute Gasteiger partial charge is 0.186 e. The molecule has 0 bridgehead atoms. The molecule has 0 amide bonds. The molecule has 0 heterocycles. The normalized spacial score (nSPS) is 10.1. The molecule has 0 aliphatic rings. The van der Waals surface area contributed by atoms with Crippen molar-refractivity contribution in [1.82, 2.24) is 0 Å². The third kappa shape index (κ3) is 2.87. The predicted molar refractivity (Wildman–Crippen MR) is 70.1 cm³/mol. The molecule has 4 nitrogen and oxygen atoms in total. The van der Waals surface area contributed by atoms with Gasteiger partial charge < -0.3 is 16.2 Å².